The van der Waals surface area contributed by atoms with Crippen molar-refractivity contribution in [2.24, 2.45) is 0 Å². The van der Waals surface area contributed by atoms with Gasteiger partial charge < -0.3 is 19.0 Å². The lowest BCUT2D eigenvalue weighted by atomic mass is 9.97. The number of nitrogens with one attached hydrogen (secondary N) is 1. The number of likely N-dealkylation sites (N-methyl/N-ethyl adjacent to an activating group) is 2. The first-order valence-electron chi connectivity index (χ1n) is 13.3. The Kier molecular flexibility index (Phi) is 8.71. The van der Waals surface area contributed by atoms with Crippen LogP contribution in [0.25, 0.3) is 10.9 Å². The summed E-state index contributed by atoms with van der Waals surface area (Å²) in [5.41, 5.74) is 1.68. The number of amides is 2. The number of carbonyl (C=O) groups is 2. The van der Waals surface area contributed by atoms with Gasteiger partial charge in [0, 0.05) is 32.5 Å². The zero-order chi connectivity index (χ0) is 29.7. The molecule has 2 amide bonds. The van der Waals surface area contributed by atoms with E-state index in [2.05, 4.69) is 15.3 Å². The number of pyridine rings is 1. The number of aromatic nitrogens is 2. The molecule has 0 radical (unpaired) electrons. The molecule has 214 valence electrons. The number of aryl methyl sites for hydroxylation is 1. The number of nitrogens with zero attached hydrogens (tertiary/aromatic N) is 4. The van der Waals surface area contributed by atoms with Gasteiger partial charge in [0.15, 0.2) is 0 Å². The Balaban J connectivity index is 1.59. The van der Waals surface area contributed by atoms with Crippen molar-refractivity contribution in [2.45, 2.75) is 45.8 Å². The van der Waals surface area contributed by atoms with E-state index in [0.717, 1.165) is 11.3 Å². The van der Waals surface area contributed by atoms with Gasteiger partial charge in [-0.15, -0.1) is 0 Å². The van der Waals surface area contributed by atoms with Crippen LogP contribution in [0.2, 0.25) is 0 Å². The number of hydrogen-bond donors (Lipinski definition) is 1. The third-order valence-electron chi connectivity index (χ3n) is 6.47. The number of fused-ring (bicyclic) bond motifs is 1. The van der Waals surface area contributed by atoms with Crippen LogP contribution in [0, 0.1) is 6.92 Å². The second-order valence-electron chi connectivity index (χ2n) is 10.9. The van der Waals surface area contributed by atoms with Crippen LogP contribution in [0.5, 0.6) is 0 Å². The first kappa shape index (κ1) is 29.3. The summed E-state index contributed by atoms with van der Waals surface area (Å²) >= 11 is 0. The van der Waals surface area contributed by atoms with Crippen LogP contribution < -0.4 is 15.8 Å². The number of carbonyl (C=O) groups excluding carboxylic acids is 2. The molecular formula is C31H35N5O5. The molecule has 2 aromatic heterocycles. The second-order valence-corrected chi connectivity index (χ2v) is 10.9. The second kappa shape index (κ2) is 12.2. The summed E-state index contributed by atoms with van der Waals surface area (Å²) < 4.78 is 11.0. The smallest absolute Gasteiger partial charge is 0.412 e. The van der Waals surface area contributed by atoms with Crippen molar-refractivity contribution in [3.8, 4) is 0 Å². The highest BCUT2D eigenvalue weighted by Crippen LogP contribution is 2.26. The molecule has 0 saturated carbocycles. The lowest BCUT2D eigenvalue weighted by Crippen LogP contribution is -2.37. The molecule has 2 aromatic carbocycles. The fourth-order valence-corrected chi connectivity index (χ4v) is 4.46. The molecule has 4 rings (SSSR count). The predicted octanol–water partition coefficient (Wildman–Crippen LogP) is 5.12. The minimum atomic E-state index is -0.666. The van der Waals surface area contributed by atoms with Crippen LogP contribution in [-0.4, -0.2) is 53.1 Å². The number of hydrogen-bond acceptors (Lipinski definition) is 8. The Morgan fingerprint density at radius 2 is 1.73 bits per heavy atom. The lowest BCUT2D eigenvalue weighted by Gasteiger charge is -2.27. The SMILES string of the molecule is Cc1c(NC(=O)OC(C)(C)C)ccc2nc(N(C)CC(C(=O)N(C)Cc3ccccn3)c3ccccc3)oc(=O)c12. The average Bonchev–Trinajstić information content (AvgIpc) is 2.92. The molecule has 1 N–H and O–H groups in total. The maximum atomic E-state index is 13.7. The van der Waals surface area contributed by atoms with E-state index in [-0.39, 0.29) is 23.9 Å². The zero-order valence-corrected chi connectivity index (χ0v) is 24.2. The van der Waals surface area contributed by atoms with Crippen molar-refractivity contribution in [2.75, 3.05) is 30.9 Å². The molecule has 0 aliphatic heterocycles. The van der Waals surface area contributed by atoms with Crippen molar-refractivity contribution in [1.29, 1.82) is 0 Å². The van der Waals surface area contributed by atoms with Gasteiger partial charge in [-0.25, -0.2) is 9.59 Å². The van der Waals surface area contributed by atoms with Crippen molar-refractivity contribution in [3.63, 3.8) is 0 Å². The van der Waals surface area contributed by atoms with E-state index in [0.29, 0.717) is 23.3 Å². The largest absolute Gasteiger partial charge is 0.444 e. The monoisotopic (exact) mass is 557 g/mol. The quantitative estimate of drug-likeness (QED) is 0.317. The van der Waals surface area contributed by atoms with Gasteiger partial charge in [-0.05, 0) is 63.1 Å². The molecule has 0 spiro atoms. The maximum Gasteiger partial charge on any atom is 0.412 e. The number of rotatable bonds is 8. The first-order valence-corrected chi connectivity index (χ1v) is 13.3. The van der Waals surface area contributed by atoms with Gasteiger partial charge >= 0.3 is 17.7 Å². The summed E-state index contributed by atoms with van der Waals surface area (Å²) in [7, 11) is 3.47. The lowest BCUT2D eigenvalue weighted by molar-refractivity contribution is -0.131. The van der Waals surface area contributed by atoms with Gasteiger partial charge in [-0.3, -0.25) is 15.1 Å². The van der Waals surface area contributed by atoms with E-state index in [9.17, 15) is 14.4 Å². The van der Waals surface area contributed by atoms with Gasteiger partial charge in [-0.1, -0.05) is 36.4 Å². The molecule has 0 aliphatic carbocycles. The zero-order valence-electron chi connectivity index (χ0n) is 24.2. The van der Waals surface area contributed by atoms with Crippen LogP contribution >= 0.6 is 0 Å². The molecule has 0 fully saturated rings. The van der Waals surface area contributed by atoms with Crippen LogP contribution in [-0.2, 0) is 16.1 Å². The number of ether oxygens (including phenoxy) is 1. The average molecular weight is 558 g/mol. The van der Waals surface area contributed by atoms with E-state index in [4.69, 9.17) is 9.15 Å². The molecule has 10 nitrogen and oxygen atoms in total. The molecule has 2 heterocycles. The Hall–Kier alpha value is -4.73. The molecule has 0 saturated heterocycles. The molecule has 1 unspecified atom stereocenters. The summed E-state index contributed by atoms with van der Waals surface area (Å²) in [6.07, 6.45) is 1.07. The molecule has 10 heteroatoms. The van der Waals surface area contributed by atoms with Crippen molar-refractivity contribution in [1.82, 2.24) is 14.9 Å². The van der Waals surface area contributed by atoms with Gasteiger partial charge in [0.05, 0.1) is 29.1 Å². The van der Waals surface area contributed by atoms with Crippen LogP contribution in [0.1, 0.15) is 43.5 Å². The Morgan fingerprint density at radius 1 is 1.02 bits per heavy atom. The van der Waals surface area contributed by atoms with Gasteiger partial charge in [0.2, 0.25) is 5.91 Å². The third-order valence-corrected chi connectivity index (χ3v) is 6.47. The van der Waals surface area contributed by atoms with Crippen molar-refractivity contribution >= 4 is 34.6 Å². The van der Waals surface area contributed by atoms with Gasteiger partial charge in [0.25, 0.3) is 0 Å². The van der Waals surface area contributed by atoms with Gasteiger partial charge in [-0.2, -0.15) is 4.98 Å². The fourth-order valence-electron chi connectivity index (χ4n) is 4.46. The first-order chi connectivity index (χ1) is 19.4. The van der Waals surface area contributed by atoms with E-state index in [1.165, 1.54) is 0 Å². The summed E-state index contributed by atoms with van der Waals surface area (Å²) in [5, 5.41) is 2.93. The number of anilines is 2. The molecular weight excluding hydrogens is 522 g/mol. The fraction of sp³-hybridized carbons (Fsp3) is 0.323. The van der Waals surface area contributed by atoms with Crippen molar-refractivity contribution in [3.05, 3.63) is 94.1 Å². The highest BCUT2D eigenvalue weighted by Gasteiger charge is 2.27. The Bertz CT molecular complexity index is 1580. The molecule has 4 aromatic rings. The Labute approximate surface area is 239 Å². The molecule has 1 atom stereocenters. The van der Waals surface area contributed by atoms with E-state index in [1.807, 2.05) is 48.5 Å². The maximum absolute atomic E-state index is 13.7. The summed E-state index contributed by atoms with van der Waals surface area (Å²) in [6, 6.07) is 18.4. The van der Waals surface area contributed by atoms with Crippen LogP contribution in [0.15, 0.2) is 76.1 Å². The van der Waals surface area contributed by atoms with Gasteiger partial charge in [0.1, 0.15) is 5.60 Å². The normalized spacial score (nSPS) is 12.0. The summed E-state index contributed by atoms with van der Waals surface area (Å²) in [6.45, 7) is 7.59. The summed E-state index contributed by atoms with van der Waals surface area (Å²) in [5.74, 6) is -0.662. The van der Waals surface area contributed by atoms with Crippen LogP contribution in [0.3, 0.4) is 0 Å². The number of benzene rings is 2. The summed E-state index contributed by atoms with van der Waals surface area (Å²) in [4.78, 5) is 51.3. The molecule has 41 heavy (non-hydrogen) atoms. The van der Waals surface area contributed by atoms with Crippen molar-refractivity contribution < 1.29 is 18.7 Å². The van der Waals surface area contributed by atoms with E-state index >= 15 is 0 Å². The van der Waals surface area contributed by atoms with E-state index < -0.39 is 23.2 Å². The highest BCUT2D eigenvalue weighted by molar-refractivity contribution is 5.93. The molecule has 0 bridgehead atoms. The Morgan fingerprint density at radius 3 is 2.39 bits per heavy atom. The molecule has 0 aliphatic rings. The minimum absolute atomic E-state index is 0.0795. The topological polar surface area (TPSA) is 118 Å². The minimum Gasteiger partial charge on any atom is -0.444 e. The standard InChI is InChI=1S/C31H35N5O5/c1-20-24(34-30(39)41-31(2,3)4)15-16-25-26(20)28(38)40-29(33-25)36(6)19-23(21-12-8-7-9-13-21)27(37)35(5)18-22-14-10-11-17-32-22/h7-17,23H,18-19H2,1-6H3,(H,34,39). The predicted molar refractivity (Wildman–Crippen MR) is 158 cm³/mol. The third kappa shape index (κ3) is 7.27. The highest BCUT2D eigenvalue weighted by atomic mass is 16.6. The van der Waals surface area contributed by atoms with E-state index in [1.54, 1.807) is 69.9 Å². The van der Waals surface area contributed by atoms with Crippen LogP contribution in [0.4, 0.5) is 16.5 Å².